The number of ether oxygens (including phenoxy) is 2. The molecule has 0 bridgehead atoms. The first kappa shape index (κ1) is 32.1. The fourth-order valence-corrected chi connectivity index (χ4v) is 7.58. The van der Waals surface area contributed by atoms with E-state index in [4.69, 9.17) is 9.47 Å². The molecule has 0 atom stereocenters. The first-order chi connectivity index (χ1) is 21.9. The van der Waals surface area contributed by atoms with Gasteiger partial charge in [-0.3, -0.25) is 0 Å². The van der Waals surface area contributed by atoms with Gasteiger partial charge in [-0.2, -0.15) is 0 Å². The van der Waals surface area contributed by atoms with Gasteiger partial charge < -0.3 is 9.47 Å². The molecule has 2 heterocycles. The Morgan fingerprint density at radius 1 is 0.622 bits per heavy atom. The number of hydrogen-bond donors (Lipinski definition) is 0. The van der Waals surface area contributed by atoms with Crippen molar-refractivity contribution in [1.82, 2.24) is 0 Å². The summed E-state index contributed by atoms with van der Waals surface area (Å²) in [4.78, 5) is 24.5. The Hall–Kier alpha value is -4.26. The van der Waals surface area contributed by atoms with E-state index in [9.17, 15) is 9.59 Å². The van der Waals surface area contributed by atoms with Gasteiger partial charge in [0.2, 0.25) is 0 Å². The number of unbranched alkanes of at least 4 members (excludes halogenated alkanes) is 1. The topological polar surface area (TPSA) is 52.6 Å². The van der Waals surface area contributed by atoms with Gasteiger partial charge in [0.05, 0.1) is 24.4 Å². The number of thiophene rings is 2. The van der Waals surface area contributed by atoms with Gasteiger partial charge >= 0.3 is 11.9 Å². The maximum absolute atomic E-state index is 12.3. The second kappa shape index (κ2) is 14.7. The predicted octanol–water partition coefficient (Wildman–Crippen LogP) is 11.2. The van der Waals surface area contributed by atoms with Gasteiger partial charge in [-0.25, -0.2) is 9.59 Å². The number of carbonyl (C=O) groups excluding carboxylic acids is 2. The van der Waals surface area contributed by atoms with Gasteiger partial charge in [0.25, 0.3) is 0 Å². The molecule has 6 aromatic rings. The molecule has 0 aliphatic carbocycles. The van der Waals surface area contributed by atoms with Crippen LogP contribution in [0.1, 0.15) is 58.6 Å². The molecule has 6 rings (SSSR count). The van der Waals surface area contributed by atoms with Gasteiger partial charge in [0.1, 0.15) is 0 Å². The average Bonchev–Trinajstić information content (AvgIpc) is 3.60. The lowest BCUT2D eigenvalue weighted by Gasteiger charge is -2.09. The smallest absolute Gasteiger partial charge is 0.338 e. The molecular weight excluding hydrogens is 597 g/mol. The summed E-state index contributed by atoms with van der Waals surface area (Å²) in [5.41, 5.74) is 4.17. The Labute approximate surface area is 272 Å². The molecule has 0 N–H and O–H groups in total. The van der Waals surface area contributed by atoms with Crippen molar-refractivity contribution < 1.29 is 19.1 Å². The number of benzene rings is 4. The van der Waals surface area contributed by atoms with Crippen LogP contribution in [0.25, 0.3) is 51.5 Å². The van der Waals surface area contributed by atoms with E-state index in [0.717, 1.165) is 29.5 Å². The highest BCUT2D eigenvalue weighted by molar-refractivity contribution is 7.26. The quantitative estimate of drug-likeness (QED) is 0.123. The van der Waals surface area contributed by atoms with Crippen LogP contribution in [0.5, 0.6) is 0 Å². The Bertz CT molecular complexity index is 2050. The highest BCUT2D eigenvalue weighted by atomic mass is 32.1. The van der Waals surface area contributed by atoms with Gasteiger partial charge in [0.15, 0.2) is 0 Å². The van der Waals surface area contributed by atoms with Crippen LogP contribution in [-0.4, -0.2) is 25.2 Å². The van der Waals surface area contributed by atoms with Crippen molar-refractivity contribution in [2.75, 3.05) is 13.2 Å². The zero-order valence-electron chi connectivity index (χ0n) is 26.4. The minimum absolute atomic E-state index is 0.236. The second-order valence-electron chi connectivity index (χ2n) is 10.8. The number of esters is 2. The van der Waals surface area contributed by atoms with Crippen molar-refractivity contribution in [1.29, 1.82) is 0 Å². The maximum atomic E-state index is 12.3. The second-order valence-corrected chi connectivity index (χ2v) is 13.0. The molecule has 4 nitrogen and oxygen atoms in total. The van der Waals surface area contributed by atoms with Crippen LogP contribution in [0.4, 0.5) is 0 Å². The summed E-state index contributed by atoms with van der Waals surface area (Å²) < 4.78 is 15.5. The number of carbonyl (C=O) groups is 2. The van der Waals surface area contributed by atoms with Crippen molar-refractivity contribution in [3.63, 3.8) is 0 Å². The molecule has 2 aromatic heterocycles. The molecule has 0 spiro atoms. The van der Waals surface area contributed by atoms with Crippen LogP contribution in [-0.2, 0) is 19.1 Å². The standard InChI is InChI=1S/C20H20O2S.C19H18O2S/c1-3-5-8-15(20(21)22-4-2)14-11-12-19-17(13-14)16-9-6-7-10-18(16)23-19;1-4-21-19(20)18(12(2)3)13-9-10-17-15(11-13)14-7-5-6-8-16(14)22-17/h6-13H,3-5H2,1-2H3;5-11H,4H2,1-3H3. The summed E-state index contributed by atoms with van der Waals surface area (Å²) >= 11 is 3.56. The Morgan fingerprint density at radius 3 is 1.64 bits per heavy atom. The van der Waals surface area contributed by atoms with Gasteiger partial charge in [-0.15, -0.1) is 22.7 Å². The number of rotatable bonds is 8. The van der Waals surface area contributed by atoms with Crippen LogP contribution in [0.15, 0.2) is 96.6 Å². The van der Waals surface area contributed by atoms with Crippen LogP contribution >= 0.6 is 22.7 Å². The molecule has 0 aliphatic rings. The Morgan fingerprint density at radius 2 is 1.11 bits per heavy atom. The highest BCUT2D eigenvalue weighted by Gasteiger charge is 2.17. The largest absolute Gasteiger partial charge is 0.462 e. The highest BCUT2D eigenvalue weighted by Crippen LogP contribution is 2.37. The summed E-state index contributed by atoms with van der Waals surface area (Å²) in [7, 11) is 0. The third kappa shape index (κ3) is 7.03. The Kier molecular flexibility index (Phi) is 10.5. The van der Waals surface area contributed by atoms with Crippen molar-refractivity contribution in [2.24, 2.45) is 0 Å². The van der Waals surface area contributed by atoms with Crippen LogP contribution < -0.4 is 0 Å². The molecule has 0 aliphatic heterocycles. The number of fused-ring (bicyclic) bond motifs is 6. The lowest BCUT2D eigenvalue weighted by molar-refractivity contribution is -0.137. The van der Waals surface area contributed by atoms with E-state index in [1.807, 2.05) is 52.0 Å². The summed E-state index contributed by atoms with van der Waals surface area (Å²) in [5.74, 6) is -0.485. The fraction of sp³-hybridized carbons (Fsp3) is 0.231. The van der Waals surface area contributed by atoms with Crippen LogP contribution in [0.3, 0.4) is 0 Å². The molecule has 6 heteroatoms. The van der Waals surface area contributed by atoms with Crippen molar-refractivity contribution >= 4 is 86.1 Å². The molecule has 4 aromatic carbocycles. The molecule has 0 unspecified atom stereocenters. The molecule has 230 valence electrons. The normalized spacial score (nSPS) is 11.4. The van der Waals surface area contributed by atoms with E-state index in [2.05, 4.69) is 73.7 Å². The molecule has 0 fully saturated rings. The first-order valence-corrected chi connectivity index (χ1v) is 17.0. The minimum Gasteiger partial charge on any atom is -0.462 e. The lowest BCUT2D eigenvalue weighted by atomic mass is 9.99. The summed E-state index contributed by atoms with van der Waals surface area (Å²) in [5, 5.41) is 4.88. The molecule has 0 saturated heterocycles. The molecule has 0 amide bonds. The van der Waals surface area contributed by atoms with Gasteiger partial charge in [0, 0.05) is 40.3 Å². The first-order valence-electron chi connectivity index (χ1n) is 15.4. The molecule has 0 radical (unpaired) electrons. The van der Waals surface area contributed by atoms with Crippen molar-refractivity contribution in [2.45, 2.75) is 47.5 Å². The summed E-state index contributed by atoms with van der Waals surface area (Å²) in [6, 6.07) is 29.2. The van der Waals surface area contributed by atoms with Crippen molar-refractivity contribution in [3.05, 3.63) is 108 Å². The fourth-order valence-electron chi connectivity index (χ4n) is 5.41. The molecule has 45 heavy (non-hydrogen) atoms. The van der Waals surface area contributed by atoms with E-state index >= 15 is 0 Å². The zero-order valence-corrected chi connectivity index (χ0v) is 28.1. The van der Waals surface area contributed by atoms with E-state index in [-0.39, 0.29) is 11.9 Å². The van der Waals surface area contributed by atoms with Crippen molar-refractivity contribution in [3.8, 4) is 0 Å². The SMILES string of the molecule is CCCC=C(C(=O)OCC)c1ccc2sc3ccccc3c2c1.CCOC(=O)C(=C(C)C)c1ccc2sc3ccccc3c2c1. The monoisotopic (exact) mass is 634 g/mol. The van der Waals surface area contributed by atoms with Crippen LogP contribution in [0, 0.1) is 0 Å². The third-order valence-electron chi connectivity index (χ3n) is 7.47. The third-order valence-corrected chi connectivity index (χ3v) is 9.77. The molecule has 0 saturated carbocycles. The van der Waals surface area contributed by atoms with E-state index < -0.39 is 0 Å². The summed E-state index contributed by atoms with van der Waals surface area (Å²) in [6.07, 6.45) is 3.87. The predicted molar refractivity (Wildman–Crippen MR) is 193 cm³/mol. The van der Waals surface area contributed by atoms with E-state index in [1.54, 1.807) is 22.7 Å². The van der Waals surface area contributed by atoms with Gasteiger partial charge in [-0.05, 0) is 81.6 Å². The van der Waals surface area contributed by atoms with Crippen LogP contribution in [0.2, 0.25) is 0 Å². The lowest BCUT2D eigenvalue weighted by Crippen LogP contribution is -2.08. The molecular formula is C39H38O4S2. The van der Waals surface area contributed by atoms with Gasteiger partial charge in [-0.1, -0.05) is 73.5 Å². The average molecular weight is 635 g/mol. The zero-order chi connectivity index (χ0) is 31.9. The minimum atomic E-state index is -0.249. The number of hydrogen-bond acceptors (Lipinski definition) is 6. The summed E-state index contributed by atoms with van der Waals surface area (Å²) in [6.45, 7) is 10.4. The number of allylic oxidation sites excluding steroid dienone is 2. The Balaban J connectivity index is 0.000000178. The maximum Gasteiger partial charge on any atom is 0.338 e. The van der Waals surface area contributed by atoms with E-state index in [0.29, 0.717) is 24.4 Å². The van der Waals surface area contributed by atoms with E-state index in [1.165, 1.54) is 40.3 Å².